The number of non-ortho nitro benzene ring substituents is 1. The second kappa shape index (κ2) is 9.81. The molecule has 0 saturated heterocycles. The molecule has 1 aromatic heterocycles. The van der Waals surface area contributed by atoms with Crippen molar-refractivity contribution in [2.24, 2.45) is 9.98 Å². The van der Waals surface area contributed by atoms with E-state index in [2.05, 4.69) is 42.3 Å². The van der Waals surface area contributed by atoms with Crippen molar-refractivity contribution in [3.8, 4) is 5.69 Å². The van der Waals surface area contributed by atoms with Crippen LogP contribution in [0.25, 0.3) is 5.69 Å². The monoisotopic (exact) mass is 553 g/mol. The zero-order valence-electron chi connectivity index (χ0n) is 23.3. The number of nitrogens with zero attached hydrogens (tertiary/aromatic N) is 6. The minimum absolute atomic E-state index is 0.0266. The molecule has 1 N–H and O–H groups in total. The highest BCUT2D eigenvalue weighted by Crippen LogP contribution is 2.48. The molecule has 7 rings (SSSR count). The number of anilines is 2. The fraction of sp³-hybridized carbons (Fsp3) is 0.121. The fourth-order valence-corrected chi connectivity index (χ4v) is 5.85. The molecular formula is C33H27N7O2. The molecule has 3 heterocycles. The van der Waals surface area contributed by atoms with E-state index in [9.17, 15) is 10.1 Å². The summed E-state index contributed by atoms with van der Waals surface area (Å²) in [5.41, 5.74) is 8.12. The molecule has 2 aliphatic heterocycles. The van der Waals surface area contributed by atoms with Crippen LogP contribution >= 0.6 is 0 Å². The van der Waals surface area contributed by atoms with Gasteiger partial charge in [0.1, 0.15) is 0 Å². The third-order valence-corrected chi connectivity index (χ3v) is 7.52. The molecule has 0 fully saturated rings. The summed E-state index contributed by atoms with van der Waals surface area (Å²) in [5, 5.41) is 20.3. The number of nitrogens with one attached hydrogen (secondary N) is 1. The van der Waals surface area contributed by atoms with Gasteiger partial charge in [-0.05, 0) is 73.9 Å². The Labute approximate surface area is 242 Å². The molecule has 2 aliphatic rings. The number of nitro benzene ring substituents is 1. The number of rotatable bonds is 4. The van der Waals surface area contributed by atoms with Gasteiger partial charge in [-0.1, -0.05) is 48.5 Å². The molecule has 0 bridgehead atoms. The third-order valence-electron chi connectivity index (χ3n) is 7.52. The summed E-state index contributed by atoms with van der Waals surface area (Å²) in [6.07, 6.45) is 0. The molecule has 1 atom stereocenters. The van der Waals surface area contributed by atoms with Gasteiger partial charge in [-0.15, -0.1) is 0 Å². The Balaban J connectivity index is 1.51. The van der Waals surface area contributed by atoms with Crippen molar-refractivity contribution < 1.29 is 4.92 Å². The van der Waals surface area contributed by atoms with Gasteiger partial charge >= 0.3 is 0 Å². The van der Waals surface area contributed by atoms with Gasteiger partial charge in [-0.2, -0.15) is 5.10 Å². The minimum Gasteiger partial charge on any atom is -0.337 e. The van der Waals surface area contributed by atoms with Crippen molar-refractivity contribution in [2.75, 3.05) is 10.2 Å². The Hall–Kier alpha value is -5.57. The second-order valence-electron chi connectivity index (χ2n) is 10.6. The fourth-order valence-electron chi connectivity index (χ4n) is 5.85. The number of benzene rings is 4. The highest BCUT2D eigenvalue weighted by molar-refractivity contribution is 6.51. The van der Waals surface area contributed by atoms with E-state index in [1.165, 1.54) is 6.07 Å². The van der Waals surface area contributed by atoms with E-state index in [0.717, 1.165) is 50.7 Å². The summed E-state index contributed by atoms with van der Waals surface area (Å²) >= 11 is 0. The summed E-state index contributed by atoms with van der Waals surface area (Å²) in [6, 6.07) is 30.4. The van der Waals surface area contributed by atoms with Crippen molar-refractivity contribution in [2.45, 2.75) is 26.8 Å². The number of amidine groups is 2. The van der Waals surface area contributed by atoms with Crippen LogP contribution in [-0.2, 0) is 0 Å². The molecule has 9 heteroatoms. The van der Waals surface area contributed by atoms with Crippen molar-refractivity contribution in [3.05, 3.63) is 135 Å². The van der Waals surface area contributed by atoms with Crippen molar-refractivity contribution >= 4 is 40.2 Å². The zero-order valence-corrected chi connectivity index (χ0v) is 23.3. The topological polar surface area (TPSA) is 101 Å². The molecule has 5 aromatic rings. The van der Waals surface area contributed by atoms with E-state index >= 15 is 0 Å². The first-order valence-electron chi connectivity index (χ1n) is 13.7. The van der Waals surface area contributed by atoms with E-state index < -0.39 is 6.04 Å². The molecule has 206 valence electrons. The number of para-hydroxylation sites is 3. The van der Waals surface area contributed by atoms with Gasteiger partial charge in [0.25, 0.3) is 5.69 Å². The SMILES string of the molecule is Cc1cc(C)cc(NC2=Nc3ccccc3N3C2=Nc2c(c(C)nn2-c2ccccc2)[C@H]3c2cccc([N+](=O)[O-])c2)c1. The van der Waals surface area contributed by atoms with E-state index in [1.54, 1.807) is 12.1 Å². The van der Waals surface area contributed by atoms with E-state index in [4.69, 9.17) is 15.1 Å². The summed E-state index contributed by atoms with van der Waals surface area (Å²) in [7, 11) is 0. The quantitative estimate of drug-likeness (QED) is 0.183. The van der Waals surface area contributed by atoms with Crippen LogP contribution in [-0.4, -0.2) is 26.4 Å². The Kier molecular flexibility index (Phi) is 5.93. The number of hydrogen-bond acceptors (Lipinski definition) is 7. The van der Waals surface area contributed by atoms with Crippen LogP contribution in [0.5, 0.6) is 0 Å². The molecule has 9 nitrogen and oxygen atoms in total. The van der Waals surface area contributed by atoms with E-state index in [0.29, 0.717) is 17.5 Å². The second-order valence-corrected chi connectivity index (χ2v) is 10.6. The molecular weight excluding hydrogens is 526 g/mol. The maximum Gasteiger partial charge on any atom is 0.269 e. The minimum atomic E-state index is -0.447. The Bertz CT molecular complexity index is 1920. The molecule has 0 aliphatic carbocycles. The van der Waals surface area contributed by atoms with Crippen molar-refractivity contribution in [1.82, 2.24) is 9.78 Å². The number of aliphatic imine (C=N–C) groups is 2. The maximum atomic E-state index is 11.9. The van der Waals surface area contributed by atoms with Crippen LogP contribution in [0.3, 0.4) is 0 Å². The van der Waals surface area contributed by atoms with E-state index in [1.807, 2.05) is 72.3 Å². The average molecular weight is 554 g/mol. The Morgan fingerprint density at radius 2 is 1.57 bits per heavy atom. The summed E-state index contributed by atoms with van der Waals surface area (Å²) in [4.78, 5) is 23.9. The lowest BCUT2D eigenvalue weighted by Gasteiger charge is -2.40. The highest BCUT2D eigenvalue weighted by Gasteiger charge is 2.41. The summed E-state index contributed by atoms with van der Waals surface area (Å²) in [5.74, 6) is 1.85. The first-order valence-corrected chi connectivity index (χ1v) is 13.7. The predicted octanol–water partition coefficient (Wildman–Crippen LogP) is 7.50. The summed E-state index contributed by atoms with van der Waals surface area (Å²) < 4.78 is 1.84. The third kappa shape index (κ3) is 4.23. The van der Waals surface area contributed by atoms with Gasteiger partial charge < -0.3 is 10.2 Å². The molecule has 0 spiro atoms. The van der Waals surface area contributed by atoms with Crippen LogP contribution in [0.4, 0.5) is 28.6 Å². The van der Waals surface area contributed by atoms with Crippen LogP contribution < -0.4 is 10.2 Å². The van der Waals surface area contributed by atoms with Gasteiger partial charge in [0, 0.05) is 23.4 Å². The van der Waals surface area contributed by atoms with Gasteiger partial charge in [-0.3, -0.25) is 10.1 Å². The van der Waals surface area contributed by atoms with Crippen molar-refractivity contribution in [3.63, 3.8) is 0 Å². The number of aryl methyl sites for hydroxylation is 3. The molecule has 0 saturated carbocycles. The molecule has 0 unspecified atom stereocenters. The smallest absolute Gasteiger partial charge is 0.269 e. The van der Waals surface area contributed by atoms with Crippen molar-refractivity contribution in [1.29, 1.82) is 0 Å². The normalized spacial score (nSPS) is 15.2. The van der Waals surface area contributed by atoms with Crippen LogP contribution in [0.15, 0.2) is 107 Å². The van der Waals surface area contributed by atoms with Crippen LogP contribution in [0.2, 0.25) is 0 Å². The molecule has 0 radical (unpaired) electrons. The standard InChI is InChI=1S/C33H27N7O2/c1-20-16-21(2)18-24(17-20)34-31-33-36-32-29(22(3)37-39(32)25-11-5-4-6-12-25)30(23-10-9-13-26(19-23)40(41)42)38(33)28-15-8-7-14-27(28)35-31/h4-19,30H,1-3H3,(H,34,35)/t30-/m1/s1. The van der Waals surface area contributed by atoms with Crippen LogP contribution in [0.1, 0.15) is 34.0 Å². The molecule has 4 aromatic carbocycles. The lowest BCUT2D eigenvalue weighted by atomic mass is 9.93. The molecule has 42 heavy (non-hydrogen) atoms. The number of hydrogen-bond donors (Lipinski definition) is 1. The summed E-state index contributed by atoms with van der Waals surface area (Å²) in [6.45, 7) is 6.08. The Morgan fingerprint density at radius 1 is 0.833 bits per heavy atom. The highest BCUT2D eigenvalue weighted by atomic mass is 16.6. The maximum absolute atomic E-state index is 11.9. The first kappa shape index (κ1) is 25.4. The zero-order chi connectivity index (χ0) is 29.0. The van der Waals surface area contributed by atoms with E-state index in [-0.39, 0.29) is 10.6 Å². The van der Waals surface area contributed by atoms with Gasteiger partial charge in [-0.25, -0.2) is 14.7 Å². The van der Waals surface area contributed by atoms with Gasteiger partial charge in [0.15, 0.2) is 17.5 Å². The van der Waals surface area contributed by atoms with Crippen LogP contribution in [0, 0.1) is 30.9 Å². The average Bonchev–Trinajstić information content (AvgIpc) is 3.32. The number of aromatic nitrogens is 2. The Morgan fingerprint density at radius 3 is 2.33 bits per heavy atom. The predicted molar refractivity (Wildman–Crippen MR) is 166 cm³/mol. The lowest BCUT2D eigenvalue weighted by molar-refractivity contribution is -0.384. The first-order chi connectivity index (χ1) is 20.4. The number of nitro groups is 1. The largest absolute Gasteiger partial charge is 0.337 e. The lowest BCUT2D eigenvalue weighted by Crippen LogP contribution is -2.46. The van der Waals surface area contributed by atoms with Gasteiger partial charge in [0.05, 0.1) is 33.7 Å². The number of fused-ring (bicyclic) bond motifs is 4. The molecule has 0 amide bonds. The van der Waals surface area contributed by atoms with Gasteiger partial charge in [0.2, 0.25) is 0 Å².